The number of hydrogen-bond donors (Lipinski definition) is 1. The molecule has 3 rings (SSSR count). The third-order valence-electron chi connectivity index (χ3n) is 4.85. The van der Waals surface area contributed by atoms with Gasteiger partial charge in [0.25, 0.3) is 0 Å². The number of amides is 1. The fourth-order valence-electron chi connectivity index (χ4n) is 3.49. The quantitative estimate of drug-likeness (QED) is 0.671. The first-order valence-electron chi connectivity index (χ1n) is 8.86. The van der Waals surface area contributed by atoms with Gasteiger partial charge in [0.15, 0.2) is 5.16 Å². The highest BCUT2D eigenvalue weighted by molar-refractivity contribution is 8.00. The standard InChI is InChI=1S/C19H26N4OS/c1-13-8-7-9-14(2)23(13)18(24)15(3)25-19-21-17(12-22(19)20)16-10-5-4-6-11-16/h4-6,10-15H,7-9,20H2,1-3H3/t13-,14-,15+/m0/s1. The van der Waals surface area contributed by atoms with Crippen LogP contribution in [-0.4, -0.2) is 37.8 Å². The van der Waals surface area contributed by atoms with E-state index in [1.165, 1.54) is 22.9 Å². The fourth-order valence-corrected chi connectivity index (χ4v) is 4.35. The fraction of sp³-hybridized carbons (Fsp3) is 0.474. The Kier molecular flexibility index (Phi) is 5.37. The predicted octanol–water partition coefficient (Wildman–Crippen LogP) is 3.53. The average Bonchev–Trinajstić information content (AvgIpc) is 2.96. The summed E-state index contributed by atoms with van der Waals surface area (Å²) in [5.74, 6) is 6.24. The van der Waals surface area contributed by atoms with Crippen LogP contribution in [0.5, 0.6) is 0 Å². The number of hydrogen-bond acceptors (Lipinski definition) is 4. The highest BCUT2D eigenvalue weighted by Gasteiger charge is 2.32. The maximum atomic E-state index is 12.9. The van der Waals surface area contributed by atoms with Crippen LogP contribution in [0.4, 0.5) is 0 Å². The van der Waals surface area contributed by atoms with Crippen LogP contribution >= 0.6 is 11.8 Å². The molecule has 5 nitrogen and oxygen atoms in total. The summed E-state index contributed by atoms with van der Waals surface area (Å²) < 4.78 is 1.51. The minimum atomic E-state index is -0.212. The van der Waals surface area contributed by atoms with Gasteiger partial charge in [-0.1, -0.05) is 42.1 Å². The second-order valence-corrected chi connectivity index (χ2v) is 8.12. The molecule has 1 saturated heterocycles. The smallest absolute Gasteiger partial charge is 0.236 e. The monoisotopic (exact) mass is 358 g/mol. The zero-order valence-electron chi connectivity index (χ0n) is 15.1. The van der Waals surface area contributed by atoms with Gasteiger partial charge in [-0.25, -0.2) is 9.66 Å². The highest BCUT2D eigenvalue weighted by Crippen LogP contribution is 2.30. The van der Waals surface area contributed by atoms with Crippen LogP contribution in [0.15, 0.2) is 41.7 Å². The molecule has 6 heteroatoms. The molecule has 2 heterocycles. The maximum absolute atomic E-state index is 12.9. The van der Waals surface area contributed by atoms with E-state index in [4.69, 9.17) is 5.84 Å². The molecule has 0 aliphatic carbocycles. The van der Waals surface area contributed by atoms with Crippen LogP contribution in [0.1, 0.15) is 40.0 Å². The number of likely N-dealkylation sites (tertiary alicyclic amines) is 1. The number of thioether (sulfide) groups is 1. The normalized spacial score (nSPS) is 22.0. The lowest BCUT2D eigenvalue weighted by atomic mass is 9.97. The second-order valence-electron chi connectivity index (χ2n) is 6.82. The van der Waals surface area contributed by atoms with Crippen LogP contribution in [-0.2, 0) is 4.79 Å². The van der Waals surface area contributed by atoms with Crippen LogP contribution in [0.2, 0.25) is 0 Å². The van der Waals surface area contributed by atoms with Crippen molar-refractivity contribution in [3.63, 3.8) is 0 Å². The summed E-state index contributed by atoms with van der Waals surface area (Å²) >= 11 is 1.43. The Labute approximate surface area is 153 Å². The zero-order chi connectivity index (χ0) is 18.0. The van der Waals surface area contributed by atoms with E-state index >= 15 is 0 Å². The van der Waals surface area contributed by atoms with Gasteiger partial charge in [-0.05, 0) is 40.0 Å². The van der Waals surface area contributed by atoms with Crippen molar-refractivity contribution in [3.8, 4) is 11.3 Å². The Morgan fingerprint density at radius 1 is 1.24 bits per heavy atom. The first-order valence-corrected chi connectivity index (χ1v) is 9.74. The Morgan fingerprint density at radius 2 is 1.88 bits per heavy atom. The molecule has 1 aromatic heterocycles. The van der Waals surface area contributed by atoms with E-state index in [2.05, 4.69) is 18.8 Å². The van der Waals surface area contributed by atoms with Crippen LogP contribution < -0.4 is 5.84 Å². The number of aromatic nitrogens is 2. The molecular weight excluding hydrogens is 332 g/mol. The van der Waals surface area contributed by atoms with Crippen molar-refractivity contribution in [1.29, 1.82) is 0 Å². The molecule has 1 aliphatic rings. The summed E-state index contributed by atoms with van der Waals surface area (Å²) in [5, 5.41) is 0.452. The SMILES string of the molecule is C[C@@H](Sc1nc(-c2ccccc2)cn1N)C(=O)N1[C@@H](C)CCC[C@@H]1C. The minimum Gasteiger partial charge on any atom is -0.337 e. The second kappa shape index (κ2) is 7.52. The van der Waals surface area contributed by atoms with E-state index < -0.39 is 0 Å². The highest BCUT2D eigenvalue weighted by atomic mass is 32.2. The van der Waals surface area contributed by atoms with Gasteiger partial charge in [0, 0.05) is 17.6 Å². The van der Waals surface area contributed by atoms with Crippen molar-refractivity contribution in [2.45, 2.75) is 62.5 Å². The Morgan fingerprint density at radius 3 is 2.52 bits per heavy atom. The van der Waals surface area contributed by atoms with Crippen molar-refractivity contribution in [1.82, 2.24) is 14.6 Å². The number of benzene rings is 1. The largest absolute Gasteiger partial charge is 0.337 e. The first-order chi connectivity index (χ1) is 12.0. The number of nitrogens with zero attached hydrogens (tertiary/aromatic N) is 3. The third kappa shape index (κ3) is 3.84. The molecule has 0 radical (unpaired) electrons. The Balaban J connectivity index is 1.73. The molecule has 0 bridgehead atoms. The summed E-state index contributed by atoms with van der Waals surface area (Å²) in [6.07, 6.45) is 5.16. The number of rotatable bonds is 4. The lowest BCUT2D eigenvalue weighted by Gasteiger charge is -2.40. The van der Waals surface area contributed by atoms with Crippen molar-refractivity contribution < 1.29 is 4.79 Å². The van der Waals surface area contributed by atoms with Crippen molar-refractivity contribution in [2.24, 2.45) is 0 Å². The van der Waals surface area contributed by atoms with Crippen LogP contribution in [0.3, 0.4) is 0 Å². The first kappa shape index (κ1) is 17.9. The molecule has 0 spiro atoms. The molecule has 3 atom stereocenters. The molecule has 2 N–H and O–H groups in total. The Hall–Kier alpha value is -1.95. The lowest BCUT2D eigenvalue weighted by molar-refractivity contribution is -0.136. The summed E-state index contributed by atoms with van der Waals surface area (Å²) in [7, 11) is 0. The average molecular weight is 359 g/mol. The number of imidazole rings is 1. The van der Waals surface area contributed by atoms with E-state index in [1.807, 2.05) is 42.2 Å². The lowest BCUT2D eigenvalue weighted by Crippen LogP contribution is -2.50. The summed E-state index contributed by atoms with van der Waals surface area (Å²) in [6, 6.07) is 10.5. The van der Waals surface area contributed by atoms with Crippen LogP contribution in [0.25, 0.3) is 11.3 Å². The molecule has 1 aromatic carbocycles. The number of carbonyl (C=O) groups excluding carboxylic acids is 1. The topological polar surface area (TPSA) is 64.2 Å². The molecule has 1 aliphatic heterocycles. The summed E-state index contributed by atoms with van der Waals surface area (Å²) in [4.78, 5) is 19.6. The van der Waals surface area contributed by atoms with Gasteiger partial charge in [0.2, 0.25) is 5.91 Å². The molecule has 2 aromatic rings. The van der Waals surface area contributed by atoms with Crippen molar-refractivity contribution in [2.75, 3.05) is 5.84 Å². The molecular formula is C19H26N4OS. The summed E-state index contributed by atoms with van der Waals surface area (Å²) in [5.41, 5.74) is 1.84. The van der Waals surface area contributed by atoms with Gasteiger partial charge in [-0.3, -0.25) is 4.79 Å². The van der Waals surface area contributed by atoms with Gasteiger partial charge < -0.3 is 10.7 Å². The number of piperidine rings is 1. The minimum absolute atomic E-state index is 0.175. The molecule has 25 heavy (non-hydrogen) atoms. The predicted molar refractivity (Wildman–Crippen MR) is 103 cm³/mol. The van der Waals surface area contributed by atoms with Crippen LogP contribution in [0, 0.1) is 0 Å². The molecule has 134 valence electrons. The van der Waals surface area contributed by atoms with E-state index in [1.54, 1.807) is 6.20 Å². The van der Waals surface area contributed by atoms with Gasteiger partial charge in [0.1, 0.15) is 0 Å². The van der Waals surface area contributed by atoms with E-state index in [0.29, 0.717) is 17.2 Å². The number of nitrogens with two attached hydrogens (primary N) is 1. The zero-order valence-corrected chi connectivity index (χ0v) is 15.9. The van der Waals surface area contributed by atoms with Gasteiger partial charge >= 0.3 is 0 Å². The van der Waals surface area contributed by atoms with Gasteiger partial charge in [-0.15, -0.1) is 0 Å². The van der Waals surface area contributed by atoms with Gasteiger partial charge in [0.05, 0.1) is 17.1 Å². The Bertz CT molecular complexity index is 720. The van der Waals surface area contributed by atoms with Gasteiger partial charge in [-0.2, -0.15) is 0 Å². The number of nitrogen functional groups attached to an aromatic ring is 1. The van der Waals surface area contributed by atoms with Crippen molar-refractivity contribution >= 4 is 17.7 Å². The van der Waals surface area contributed by atoms with Crippen molar-refractivity contribution in [3.05, 3.63) is 36.5 Å². The molecule has 1 fully saturated rings. The third-order valence-corrected chi connectivity index (χ3v) is 5.91. The summed E-state index contributed by atoms with van der Waals surface area (Å²) in [6.45, 7) is 6.22. The van der Waals surface area contributed by atoms with E-state index in [9.17, 15) is 4.79 Å². The number of carbonyl (C=O) groups is 1. The molecule has 0 unspecified atom stereocenters. The van der Waals surface area contributed by atoms with E-state index in [-0.39, 0.29) is 11.2 Å². The van der Waals surface area contributed by atoms with E-state index in [0.717, 1.165) is 24.1 Å². The molecule has 1 amide bonds. The molecule has 0 saturated carbocycles. The maximum Gasteiger partial charge on any atom is 0.236 e.